The first-order valence-corrected chi connectivity index (χ1v) is 7.31. The van der Waals surface area contributed by atoms with Crippen LogP contribution in [0.3, 0.4) is 0 Å². The van der Waals surface area contributed by atoms with Crippen LogP contribution in [-0.2, 0) is 11.2 Å². The van der Waals surface area contributed by atoms with E-state index in [0.717, 1.165) is 23.5 Å². The van der Waals surface area contributed by atoms with Crippen molar-refractivity contribution in [1.82, 2.24) is 0 Å². The molecule has 0 saturated carbocycles. The van der Waals surface area contributed by atoms with Gasteiger partial charge >= 0.3 is 0 Å². The number of anilines is 2. The van der Waals surface area contributed by atoms with E-state index in [9.17, 15) is 4.79 Å². The van der Waals surface area contributed by atoms with Gasteiger partial charge in [-0.3, -0.25) is 4.79 Å². The average Bonchev–Trinajstić information content (AvgIpc) is 2.47. The molecule has 0 radical (unpaired) electrons. The van der Waals surface area contributed by atoms with E-state index in [2.05, 4.69) is 24.5 Å². The van der Waals surface area contributed by atoms with Gasteiger partial charge in [0.25, 0.3) is 0 Å². The molecule has 0 atom stereocenters. The van der Waals surface area contributed by atoms with Crippen molar-refractivity contribution in [3.63, 3.8) is 0 Å². The molecule has 3 heteroatoms. The van der Waals surface area contributed by atoms with Gasteiger partial charge in [-0.2, -0.15) is 0 Å². The van der Waals surface area contributed by atoms with E-state index < -0.39 is 0 Å². The summed E-state index contributed by atoms with van der Waals surface area (Å²) in [6, 6.07) is 17.6. The zero-order chi connectivity index (χ0) is 15.1. The van der Waals surface area contributed by atoms with Gasteiger partial charge in [0.05, 0.1) is 6.42 Å². The third kappa shape index (κ3) is 5.30. The minimum atomic E-state index is 0.00379. The van der Waals surface area contributed by atoms with Gasteiger partial charge in [-0.25, -0.2) is 0 Å². The van der Waals surface area contributed by atoms with Gasteiger partial charge in [0.2, 0.25) is 5.91 Å². The number of rotatable bonds is 6. The first-order chi connectivity index (χ1) is 10.1. The summed E-state index contributed by atoms with van der Waals surface area (Å²) in [5.74, 6) is 0.611. The van der Waals surface area contributed by atoms with E-state index in [4.69, 9.17) is 0 Å². The molecule has 0 unspecified atom stereocenters. The Morgan fingerprint density at radius 2 is 1.57 bits per heavy atom. The molecule has 3 nitrogen and oxygen atoms in total. The van der Waals surface area contributed by atoms with Gasteiger partial charge in [-0.15, -0.1) is 0 Å². The van der Waals surface area contributed by atoms with E-state index in [-0.39, 0.29) is 5.91 Å². The van der Waals surface area contributed by atoms with Crippen LogP contribution >= 0.6 is 0 Å². The second-order valence-electron chi connectivity index (χ2n) is 5.56. The molecule has 0 fully saturated rings. The monoisotopic (exact) mass is 282 g/mol. The van der Waals surface area contributed by atoms with Crippen LogP contribution < -0.4 is 10.6 Å². The number of amides is 1. The van der Waals surface area contributed by atoms with Crippen LogP contribution in [0.2, 0.25) is 0 Å². The number of carbonyl (C=O) groups excluding carboxylic acids is 1. The fraction of sp³-hybridized carbons (Fsp3) is 0.278. The van der Waals surface area contributed by atoms with Gasteiger partial charge in [-0.05, 0) is 35.7 Å². The highest BCUT2D eigenvalue weighted by Gasteiger charge is 2.04. The lowest BCUT2D eigenvalue weighted by Gasteiger charge is -2.10. The van der Waals surface area contributed by atoms with Gasteiger partial charge in [0, 0.05) is 17.9 Å². The number of hydrogen-bond acceptors (Lipinski definition) is 2. The molecule has 0 aliphatic heterocycles. The zero-order valence-corrected chi connectivity index (χ0v) is 12.6. The highest BCUT2D eigenvalue weighted by molar-refractivity contribution is 5.92. The van der Waals surface area contributed by atoms with Gasteiger partial charge in [0.1, 0.15) is 0 Å². The Bertz CT molecular complexity index is 562. The first-order valence-electron chi connectivity index (χ1n) is 7.31. The highest BCUT2D eigenvalue weighted by Crippen LogP contribution is 2.14. The zero-order valence-electron chi connectivity index (χ0n) is 12.6. The van der Waals surface area contributed by atoms with Crippen molar-refractivity contribution >= 4 is 17.3 Å². The summed E-state index contributed by atoms with van der Waals surface area (Å²) in [6.07, 6.45) is 0.397. The van der Waals surface area contributed by atoms with Gasteiger partial charge in [-0.1, -0.05) is 44.2 Å². The Morgan fingerprint density at radius 3 is 2.19 bits per heavy atom. The highest BCUT2D eigenvalue weighted by atomic mass is 16.1. The largest absolute Gasteiger partial charge is 0.385 e. The SMILES string of the molecule is CC(C)CNc1ccc(NC(=O)Cc2ccccc2)cc1. The molecule has 0 heterocycles. The summed E-state index contributed by atoms with van der Waals surface area (Å²) in [5.41, 5.74) is 2.92. The smallest absolute Gasteiger partial charge is 0.228 e. The van der Waals surface area contributed by atoms with Crippen molar-refractivity contribution in [2.24, 2.45) is 5.92 Å². The van der Waals surface area contributed by atoms with Crippen molar-refractivity contribution in [1.29, 1.82) is 0 Å². The predicted octanol–water partition coefficient (Wildman–Crippen LogP) is 3.94. The Balaban J connectivity index is 1.86. The van der Waals surface area contributed by atoms with Gasteiger partial charge in [0.15, 0.2) is 0 Å². The molecule has 0 bridgehead atoms. The van der Waals surface area contributed by atoms with Crippen LogP contribution in [0.1, 0.15) is 19.4 Å². The molecule has 2 N–H and O–H groups in total. The Labute approximate surface area is 126 Å². The fourth-order valence-electron chi connectivity index (χ4n) is 1.98. The molecule has 21 heavy (non-hydrogen) atoms. The van der Waals surface area contributed by atoms with Crippen LogP contribution in [-0.4, -0.2) is 12.5 Å². The van der Waals surface area contributed by atoms with E-state index in [1.807, 2.05) is 54.6 Å². The molecule has 0 saturated heterocycles. The first kappa shape index (κ1) is 15.1. The second-order valence-corrected chi connectivity index (χ2v) is 5.56. The van der Waals surface area contributed by atoms with Crippen LogP contribution in [0, 0.1) is 5.92 Å². The summed E-state index contributed by atoms with van der Waals surface area (Å²) >= 11 is 0. The number of benzene rings is 2. The molecule has 110 valence electrons. The number of nitrogens with one attached hydrogen (secondary N) is 2. The van der Waals surface area contributed by atoms with Crippen LogP contribution in [0.5, 0.6) is 0 Å². The lowest BCUT2D eigenvalue weighted by Crippen LogP contribution is -2.14. The summed E-state index contributed by atoms with van der Waals surface area (Å²) in [6.45, 7) is 5.29. The van der Waals surface area contributed by atoms with E-state index in [1.165, 1.54) is 0 Å². The number of carbonyl (C=O) groups is 1. The molecule has 0 spiro atoms. The molecular weight excluding hydrogens is 260 g/mol. The molecule has 0 aliphatic rings. The van der Waals surface area contributed by atoms with Crippen LogP contribution in [0.4, 0.5) is 11.4 Å². The third-order valence-corrected chi connectivity index (χ3v) is 3.09. The maximum absolute atomic E-state index is 12.0. The van der Waals surface area contributed by atoms with Crippen LogP contribution in [0.15, 0.2) is 54.6 Å². The lowest BCUT2D eigenvalue weighted by atomic mass is 10.1. The standard InChI is InChI=1S/C18H22N2O/c1-14(2)13-19-16-8-10-17(11-9-16)20-18(21)12-15-6-4-3-5-7-15/h3-11,14,19H,12-13H2,1-2H3,(H,20,21). The predicted molar refractivity (Wildman–Crippen MR) is 88.5 cm³/mol. The van der Waals surface area contributed by atoms with Crippen molar-refractivity contribution in [2.75, 3.05) is 17.2 Å². The van der Waals surface area contributed by atoms with Crippen LogP contribution in [0.25, 0.3) is 0 Å². The van der Waals surface area contributed by atoms with Gasteiger partial charge < -0.3 is 10.6 Å². The Morgan fingerprint density at radius 1 is 0.952 bits per heavy atom. The summed E-state index contributed by atoms with van der Waals surface area (Å²) in [5, 5.41) is 6.27. The normalized spacial score (nSPS) is 10.4. The van der Waals surface area contributed by atoms with E-state index in [1.54, 1.807) is 0 Å². The molecule has 2 aromatic rings. The summed E-state index contributed by atoms with van der Waals surface area (Å²) in [4.78, 5) is 12.0. The Hall–Kier alpha value is -2.29. The quantitative estimate of drug-likeness (QED) is 0.842. The molecule has 2 aromatic carbocycles. The molecule has 0 aromatic heterocycles. The summed E-state index contributed by atoms with van der Waals surface area (Å²) in [7, 11) is 0. The molecular formula is C18H22N2O. The molecule has 1 amide bonds. The number of hydrogen-bond donors (Lipinski definition) is 2. The summed E-state index contributed by atoms with van der Waals surface area (Å²) < 4.78 is 0. The van der Waals surface area contributed by atoms with E-state index >= 15 is 0 Å². The van der Waals surface area contributed by atoms with Crippen molar-refractivity contribution < 1.29 is 4.79 Å². The van der Waals surface area contributed by atoms with E-state index in [0.29, 0.717) is 12.3 Å². The topological polar surface area (TPSA) is 41.1 Å². The lowest BCUT2D eigenvalue weighted by molar-refractivity contribution is -0.115. The Kier molecular flexibility index (Phi) is 5.38. The maximum atomic E-state index is 12.0. The minimum Gasteiger partial charge on any atom is -0.385 e. The third-order valence-electron chi connectivity index (χ3n) is 3.09. The van der Waals surface area contributed by atoms with Crippen molar-refractivity contribution in [2.45, 2.75) is 20.3 Å². The van der Waals surface area contributed by atoms with Crippen molar-refractivity contribution in [3.8, 4) is 0 Å². The molecule has 0 aliphatic carbocycles. The minimum absolute atomic E-state index is 0.00379. The maximum Gasteiger partial charge on any atom is 0.228 e. The van der Waals surface area contributed by atoms with Crippen molar-refractivity contribution in [3.05, 3.63) is 60.2 Å². The fourth-order valence-corrected chi connectivity index (χ4v) is 1.98. The molecule has 2 rings (SSSR count). The second kappa shape index (κ2) is 7.48. The average molecular weight is 282 g/mol.